The normalized spacial score (nSPS) is 12.5. The molecule has 1 N–H and O–H groups in total. The van der Waals surface area contributed by atoms with Crippen LogP contribution in [0.2, 0.25) is 0 Å². The van der Waals surface area contributed by atoms with Crippen LogP contribution in [0.4, 0.5) is 5.82 Å². The Morgan fingerprint density at radius 1 is 1.10 bits per heavy atom. The van der Waals surface area contributed by atoms with Crippen LogP contribution in [-0.2, 0) is 9.59 Å². The number of amides is 1. The standard InChI is InChI=1S/C25H33N3O2/c1-6-28(7-2)15-9-12-24(30)27-23-14-13-22(17-26-23)20-10-8-11-21(16-20)25(18(3)4)19(5)29/h8-14,16-18,25H,6-7,15H2,1-5H3,(H,26,27,30)/b12-9+. The minimum atomic E-state index is -0.189. The molecule has 0 aliphatic rings. The highest BCUT2D eigenvalue weighted by molar-refractivity contribution is 5.98. The Hall–Kier alpha value is -2.79. The molecular weight excluding hydrogens is 374 g/mol. The third kappa shape index (κ3) is 6.63. The molecule has 0 spiro atoms. The molecule has 1 unspecified atom stereocenters. The number of aromatic nitrogens is 1. The van der Waals surface area contributed by atoms with E-state index in [4.69, 9.17) is 0 Å². The van der Waals surface area contributed by atoms with E-state index in [0.717, 1.165) is 36.3 Å². The van der Waals surface area contributed by atoms with Crippen LogP contribution in [0, 0.1) is 5.92 Å². The van der Waals surface area contributed by atoms with E-state index in [1.165, 1.54) is 0 Å². The summed E-state index contributed by atoms with van der Waals surface area (Å²) < 4.78 is 0. The van der Waals surface area contributed by atoms with E-state index in [1.54, 1.807) is 25.3 Å². The van der Waals surface area contributed by atoms with Gasteiger partial charge in [-0.05, 0) is 49.2 Å². The van der Waals surface area contributed by atoms with Crippen LogP contribution in [-0.4, -0.2) is 41.2 Å². The maximum atomic E-state index is 12.1. The molecule has 0 fully saturated rings. The molecule has 0 aliphatic heterocycles. The number of Topliss-reactive ketones (excluding diaryl/α,β-unsaturated/α-hetero) is 1. The van der Waals surface area contributed by atoms with Crippen molar-refractivity contribution in [3.8, 4) is 11.1 Å². The van der Waals surface area contributed by atoms with Crippen LogP contribution in [0.1, 0.15) is 46.1 Å². The van der Waals surface area contributed by atoms with Gasteiger partial charge in [0.2, 0.25) is 5.91 Å². The Balaban J connectivity index is 2.07. The maximum absolute atomic E-state index is 12.1. The first-order chi connectivity index (χ1) is 14.3. The first-order valence-corrected chi connectivity index (χ1v) is 10.6. The zero-order chi connectivity index (χ0) is 22.1. The lowest BCUT2D eigenvalue weighted by Crippen LogP contribution is -2.23. The van der Waals surface area contributed by atoms with Gasteiger partial charge < -0.3 is 10.2 Å². The monoisotopic (exact) mass is 407 g/mol. The van der Waals surface area contributed by atoms with Crippen molar-refractivity contribution >= 4 is 17.5 Å². The van der Waals surface area contributed by atoms with E-state index < -0.39 is 0 Å². The van der Waals surface area contributed by atoms with Crippen molar-refractivity contribution in [2.45, 2.75) is 40.5 Å². The molecule has 0 saturated heterocycles. The van der Waals surface area contributed by atoms with E-state index in [2.05, 4.69) is 49.0 Å². The summed E-state index contributed by atoms with van der Waals surface area (Å²) >= 11 is 0. The SMILES string of the molecule is CCN(CC)C/C=C/C(=O)Nc1ccc(-c2cccc(C(C(C)=O)C(C)C)c2)cn1. The van der Waals surface area contributed by atoms with Crippen molar-refractivity contribution in [3.63, 3.8) is 0 Å². The fourth-order valence-corrected chi connectivity index (χ4v) is 3.60. The first kappa shape index (κ1) is 23.5. The molecule has 1 atom stereocenters. The molecule has 1 aromatic heterocycles. The van der Waals surface area contributed by atoms with Gasteiger partial charge in [-0.1, -0.05) is 58.0 Å². The number of anilines is 1. The number of likely N-dealkylation sites (N-methyl/N-ethyl adjacent to an activating group) is 1. The number of carbonyl (C=O) groups is 2. The number of pyridine rings is 1. The Kier molecular flexibility index (Phi) is 8.93. The Morgan fingerprint density at radius 3 is 2.40 bits per heavy atom. The summed E-state index contributed by atoms with van der Waals surface area (Å²) in [5, 5.41) is 2.79. The van der Waals surface area contributed by atoms with Crippen LogP contribution >= 0.6 is 0 Å². The third-order valence-corrected chi connectivity index (χ3v) is 5.23. The van der Waals surface area contributed by atoms with Crippen molar-refractivity contribution < 1.29 is 9.59 Å². The molecule has 160 valence electrons. The number of ketones is 1. The van der Waals surface area contributed by atoms with Crippen molar-refractivity contribution in [2.24, 2.45) is 5.92 Å². The molecule has 2 aromatic rings. The second-order valence-electron chi connectivity index (χ2n) is 7.77. The van der Waals surface area contributed by atoms with Gasteiger partial charge in [-0.25, -0.2) is 4.98 Å². The highest BCUT2D eigenvalue weighted by Gasteiger charge is 2.20. The second-order valence-corrected chi connectivity index (χ2v) is 7.77. The molecule has 1 amide bonds. The molecule has 5 heteroatoms. The number of nitrogens with zero attached hydrogens (tertiary/aromatic N) is 2. The number of carbonyl (C=O) groups excluding carboxylic acids is 2. The van der Waals surface area contributed by atoms with Gasteiger partial charge in [0.1, 0.15) is 11.6 Å². The van der Waals surface area contributed by atoms with E-state index in [-0.39, 0.29) is 23.5 Å². The average molecular weight is 408 g/mol. The van der Waals surface area contributed by atoms with E-state index in [9.17, 15) is 9.59 Å². The van der Waals surface area contributed by atoms with Gasteiger partial charge >= 0.3 is 0 Å². The molecule has 5 nitrogen and oxygen atoms in total. The largest absolute Gasteiger partial charge is 0.307 e. The van der Waals surface area contributed by atoms with E-state index in [1.807, 2.05) is 30.3 Å². The molecule has 30 heavy (non-hydrogen) atoms. The Bertz CT molecular complexity index is 868. The van der Waals surface area contributed by atoms with Crippen molar-refractivity contribution in [1.82, 2.24) is 9.88 Å². The zero-order valence-corrected chi connectivity index (χ0v) is 18.7. The van der Waals surface area contributed by atoms with Gasteiger partial charge in [-0.2, -0.15) is 0 Å². The summed E-state index contributed by atoms with van der Waals surface area (Å²) in [7, 11) is 0. The van der Waals surface area contributed by atoms with Crippen LogP contribution in [0.5, 0.6) is 0 Å². The van der Waals surface area contributed by atoms with Crippen molar-refractivity contribution in [1.29, 1.82) is 0 Å². The highest BCUT2D eigenvalue weighted by atomic mass is 16.1. The summed E-state index contributed by atoms with van der Waals surface area (Å²) in [5.74, 6) is 0.622. The number of hydrogen-bond donors (Lipinski definition) is 1. The molecular formula is C25H33N3O2. The fourth-order valence-electron chi connectivity index (χ4n) is 3.60. The van der Waals surface area contributed by atoms with E-state index in [0.29, 0.717) is 5.82 Å². The molecule has 1 heterocycles. The highest BCUT2D eigenvalue weighted by Crippen LogP contribution is 2.29. The predicted molar refractivity (Wildman–Crippen MR) is 123 cm³/mol. The molecule has 0 radical (unpaired) electrons. The quantitative estimate of drug-likeness (QED) is 0.568. The first-order valence-electron chi connectivity index (χ1n) is 10.6. The molecule has 0 bridgehead atoms. The molecule has 0 saturated carbocycles. The van der Waals surface area contributed by atoms with Crippen LogP contribution < -0.4 is 5.32 Å². The lowest BCUT2D eigenvalue weighted by atomic mass is 9.84. The van der Waals surface area contributed by atoms with Crippen molar-refractivity contribution in [2.75, 3.05) is 25.0 Å². The summed E-state index contributed by atoms with van der Waals surface area (Å²) in [6, 6.07) is 11.8. The predicted octanol–water partition coefficient (Wildman–Crippen LogP) is 4.91. The molecule has 1 aromatic carbocycles. The number of hydrogen-bond acceptors (Lipinski definition) is 4. The zero-order valence-electron chi connectivity index (χ0n) is 18.7. The summed E-state index contributed by atoms with van der Waals surface area (Å²) in [6.07, 6.45) is 5.15. The van der Waals surface area contributed by atoms with Crippen molar-refractivity contribution in [3.05, 3.63) is 60.3 Å². The van der Waals surface area contributed by atoms with E-state index >= 15 is 0 Å². The minimum absolute atomic E-state index is 0.111. The van der Waals surface area contributed by atoms with Gasteiger partial charge in [0, 0.05) is 30.3 Å². The second kappa shape index (κ2) is 11.4. The number of nitrogens with one attached hydrogen (secondary N) is 1. The molecule has 0 aliphatic carbocycles. The van der Waals surface area contributed by atoms with Crippen LogP contribution in [0.15, 0.2) is 54.7 Å². The Labute approximate surface area is 180 Å². The number of rotatable bonds is 10. The van der Waals surface area contributed by atoms with Crippen LogP contribution in [0.25, 0.3) is 11.1 Å². The van der Waals surface area contributed by atoms with Gasteiger partial charge in [-0.3, -0.25) is 9.59 Å². The lowest BCUT2D eigenvalue weighted by molar-refractivity contribution is -0.119. The summed E-state index contributed by atoms with van der Waals surface area (Å²) in [5.41, 5.74) is 2.97. The minimum Gasteiger partial charge on any atom is -0.307 e. The van der Waals surface area contributed by atoms with Gasteiger partial charge in [-0.15, -0.1) is 0 Å². The van der Waals surface area contributed by atoms with Gasteiger partial charge in [0.25, 0.3) is 0 Å². The maximum Gasteiger partial charge on any atom is 0.249 e. The summed E-state index contributed by atoms with van der Waals surface area (Å²) in [6.45, 7) is 12.6. The smallest absolute Gasteiger partial charge is 0.249 e. The summed E-state index contributed by atoms with van der Waals surface area (Å²) in [4.78, 5) is 30.7. The Morgan fingerprint density at radius 2 is 1.83 bits per heavy atom. The number of benzene rings is 1. The third-order valence-electron chi connectivity index (χ3n) is 5.23. The van der Waals surface area contributed by atoms with Crippen LogP contribution in [0.3, 0.4) is 0 Å². The topological polar surface area (TPSA) is 62.3 Å². The average Bonchev–Trinajstić information content (AvgIpc) is 2.71. The fraction of sp³-hybridized carbons (Fsp3) is 0.400. The molecule has 2 rings (SSSR count). The van der Waals surface area contributed by atoms with Gasteiger partial charge in [0.15, 0.2) is 0 Å². The lowest BCUT2D eigenvalue weighted by Gasteiger charge is -2.19. The van der Waals surface area contributed by atoms with Gasteiger partial charge in [0.05, 0.1) is 0 Å².